The largest absolute Gasteiger partial charge is 0.417 e. The van der Waals surface area contributed by atoms with Gasteiger partial charge in [-0.05, 0) is 67.8 Å². The fourth-order valence-electron chi connectivity index (χ4n) is 4.54. The zero-order chi connectivity index (χ0) is 26.2. The lowest BCUT2D eigenvalue weighted by molar-refractivity contribution is -0.137. The van der Waals surface area contributed by atoms with Gasteiger partial charge in [-0.1, -0.05) is 67.9 Å². The molecular weight excluding hydrogens is 485 g/mol. The van der Waals surface area contributed by atoms with Crippen LogP contribution in [0.15, 0.2) is 78.9 Å². The molecule has 7 heteroatoms. The van der Waals surface area contributed by atoms with E-state index in [0.717, 1.165) is 37.0 Å². The van der Waals surface area contributed by atoms with E-state index < -0.39 is 17.3 Å². The number of alkyl halides is 3. The van der Waals surface area contributed by atoms with Crippen molar-refractivity contribution in [2.45, 2.75) is 44.9 Å². The van der Waals surface area contributed by atoms with Crippen LogP contribution in [0.1, 0.15) is 44.2 Å². The zero-order valence-electron chi connectivity index (χ0n) is 20.8. The Morgan fingerprint density at radius 1 is 0.889 bits per heavy atom. The highest BCUT2D eigenvalue weighted by atomic mass is 35.5. The minimum Gasteiger partial charge on any atom is -0.385 e. The topological polar surface area (TPSA) is 26.7 Å². The van der Waals surface area contributed by atoms with Crippen LogP contribution in [0.25, 0.3) is 0 Å². The predicted molar refractivity (Wildman–Crippen MR) is 142 cm³/mol. The molecule has 194 valence electrons. The van der Waals surface area contributed by atoms with E-state index in [0.29, 0.717) is 25.9 Å². The number of benzene rings is 3. The zero-order valence-corrected chi connectivity index (χ0v) is 21.6. The standard InChI is InChI=1S/C27H28ClF3N2O.C2H6/c28-25-13-12-21(20-24(25)27(29,30)31)26(34)14-18-32(19-15-26)16-7-17-33(22-8-3-1-4-9-22)23-10-5-2-6-11-23;1-2/h1-6,8-13,20,34H,7,14-19H2;1-2H3. The molecule has 0 unspecified atom stereocenters. The summed E-state index contributed by atoms with van der Waals surface area (Å²) in [5.74, 6) is 0. The van der Waals surface area contributed by atoms with E-state index in [1.54, 1.807) is 0 Å². The van der Waals surface area contributed by atoms with Crippen molar-refractivity contribution >= 4 is 23.0 Å². The first-order valence-electron chi connectivity index (χ1n) is 12.5. The van der Waals surface area contributed by atoms with Crippen molar-refractivity contribution < 1.29 is 18.3 Å². The maximum atomic E-state index is 13.3. The Hall–Kier alpha value is -2.54. The first-order chi connectivity index (χ1) is 17.3. The summed E-state index contributed by atoms with van der Waals surface area (Å²) in [5.41, 5.74) is 0.365. The van der Waals surface area contributed by atoms with Crippen molar-refractivity contribution in [2.75, 3.05) is 31.1 Å². The Morgan fingerprint density at radius 3 is 1.92 bits per heavy atom. The quantitative estimate of drug-likeness (QED) is 0.344. The molecule has 0 aliphatic carbocycles. The lowest BCUT2D eigenvalue weighted by Crippen LogP contribution is -2.43. The smallest absolute Gasteiger partial charge is 0.385 e. The predicted octanol–water partition coefficient (Wildman–Crippen LogP) is 7.90. The molecule has 1 aliphatic heterocycles. The highest BCUT2D eigenvalue weighted by molar-refractivity contribution is 6.31. The van der Waals surface area contributed by atoms with Gasteiger partial charge in [-0.3, -0.25) is 0 Å². The first kappa shape index (κ1) is 28.0. The molecule has 0 radical (unpaired) electrons. The van der Waals surface area contributed by atoms with Gasteiger partial charge in [-0.15, -0.1) is 0 Å². The molecule has 1 N–H and O–H groups in total. The number of halogens is 4. The van der Waals surface area contributed by atoms with Gasteiger partial charge in [-0.25, -0.2) is 0 Å². The Morgan fingerprint density at radius 2 is 1.42 bits per heavy atom. The molecule has 1 heterocycles. The van der Waals surface area contributed by atoms with Crippen molar-refractivity contribution in [1.29, 1.82) is 0 Å². The molecule has 4 rings (SSSR count). The van der Waals surface area contributed by atoms with E-state index in [1.165, 1.54) is 12.1 Å². The highest BCUT2D eigenvalue weighted by Gasteiger charge is 2.38. The second-order valence-electron chi connectivity index (χ2n) is 8.74. The van der Waals surface area contributed by atoms with Gasteiger partial charge >= 0.3 is 6.18 Å². The SMILES string of the molecule is CC.OC1(c2ccc(Cl)c(C(F)(F)F)c2)CCN(CCCN(c2ccccc2)c2ccccc2)CC1. The summed E-state index contributed by atoms with van der Waals surface area (Å²) in [6, 6.07) is 24.2. The second-order valence-corrected chi connectivity index (χ2v) is 9.15. The lowest BCUT2D eigenvalue weighted by atomic mass is 9.83. The van der Waals surface area contributed by atoms with Gasteiger partial charge in [0.25, 0.3) is 0 Å². The molecule has 0 bridgehead atoms. The number of likely N-dealkylation sites (tertiary alicyclic amines) is 1. The van der Waals surface area contributed by atoms with Crippen LogP contribution in [0.3, 0.4) is 0 Å². The maximum absolute atomic E-state index is 13.3. The lowest BCUT2D eigenvalue weighted by Gasteiger charge is -2.39. The fourth-order valence-corrected chi connectivity index (χ4v) is 4.77. The van der Waals surface area contributed by atoms with Crippen molar-refractivity contribution in [1.82, 2.24) is 4.90 Å². The van der Waals surface area contributed by atoms with E-state index in [1.807, 2.05) is 50.2 Å². The number of hydrogen-bond donors (Lipinski definition) is 1. The summed E-state index contributed by atoms with van der Waals surface area (Å²) in [5, 5.41) is 10.8. The second kappa shape index (κ2) is 12.6. The molecule has 3 nitrogen and oxygen atoms in total. The highest BCUT2D eigenvalue weighted by Crippen LogP contribution is 2.40. The van der Waals surface area contributed by atoms with Crippen molar-refractivity contribution in [2.24, 2.45) is 0 Å². The molecule has 3 aromatic rings. The van der Waals surface area contributed by atoms with Crippen molar-refractivity contribution in [3.8, 4) is 0 Å². The van der Waals surface area contributed by atoms with Crippen LogP contribution in [-0.2, 0) is 11.8 Å². The molecule has 1 aliphatic rings. The van der Waals surface area contributed by atoms with Crippen LogP contribution in [0.5, 0.6) is 0 Å². The van der Waals surface area contributed by atoms with Gasteiger partial charge in [0.2, 0.25) is 0 Å². The van der Waals surface area contributed by atoms with Gasteiger partial charge in [0.05, 0.1) is 16.2 Å². The van der Waals surface area contributed by atoms with Gasteiger partial charge in [-0.2, -0.15) is 13.2 Å². The van der Waals surface area contributed by atoms with Gasteiger partial charge in [0.15, 0.2) is 0 Å². The number of rotatable bonds is 7. The monoisotopic (exact) mass is 518 g/mol. The molecule has 0 atom stereocenters. The minimum absolute atomic E-state index is 0.281. The first-order valence-corrected chi connectivity index (χ1v) is 12.8. The third kappa shape index (κ3) is 7.02. The maximum Gasteiger partial charge on any atom is 0.417 e. The Labute approximate surface area is 217 Å². The van der Waals surface area contributed by atoms with Crippen LogP contribution in [0.2, 0.25) is 5.02 Å². The number of anilines is 2. The van der Waals surface area contributed by atoms with Gasteiger partial charge in [0.1, 0.15) is 0 Å². The van der Waals surface area contributed by atoms with Crippen LogP contribution in [0.4, 0.5) is 24.5 Å². The number of aliphatic hydroxyl groups is 1. The molecular formula is C29H34ClF3N2O. The van der Waals surface area contributed by atoms with Gasteiger partial charge in [0, 0.05) is 31.0 Å². The number of hydrogen-bond acceptors (Lipinski definition) is 3. The van der Waals surface area contributed by atoms with E-state index in [4.69, 9.17) is 11.6 Å². The minimum atomic E-state index is -4.55. The normalized spacial score (nSPS) is 15.6. The van der Waals surface area contributed by atoms with Crippen molar-refractivity contribution in [3.63, 3.8) is 0 Å². The average molecular weight is 519 g/mol. The molecule has 0 amide bonds. The van der Waals surface area contributed by atoms with Crippen LogP contribution in [-0.4, -0.2) is 36.2 Å². The molecule has 36 heavy (non-hydrogen) atoms. The number of nitrogens with zero attached hydrogens (tertiary/aromatic N) is 2. The Kier molecular flexibility index (Phi) is 9.83. The van der Waals surface area contributed by atoms with Crippen LogP contribution in [0, 0.1) is 0 Å². The average Bonchev–Trinajstić information content (AvgIpc) is 2.89. The van der Waals surface area contributed by atoms with Crippen molar-refractivity contribution in [3.05, 3.63) is 95.0 Å². The molecule has 3 aromatic carbocycles. The summed E-state index contributed by atoms with van der Waals surface area (Å²) < 4.78 is 39.8. The molecule has 0 saturated carbocycles. The van der Waals surface area contributed by atoms with E-state index in [2.05, 4.69) is 34.1 Å². The Bertz CT molecular complexity index is 1030. The molecule has 0 aromatic heterocycles. The third-order valence-corrected chi connectivity index (χ3v) is 6.81. The summed E-state index contributed by atoms with van der Waals surface area (Å²) in [7, 11) is 0. The van der Waals surface area contributed by atoms with Gasteiger partial charge < -0.3 is 14.9 Å². The summed E-state index contributed by atoms with van der Waals surface area (Å²) in [4.78, 5) is 4.55. The summed E-state index contributed by atoms with van der Waals surface area (Å²) in [6.45, 7) is 6.93. The van der Waals surface area contributed by atoms with E-state index in [9.17, 15) is 18.3 Å². The fraction of sp³-hybridized carbons (Fsp3) is 0.379. The van der Waals surface area contributed by atoms with Crippen LogP contribution < -0.4 is 4.90 Å². The van der Waals surface area contributed by atoms with E-state index in [-0.39, 0.29) is 10.6 Å². The number of para-hydroxylation sites is 2. The van der Waals surface area contributed by atoms with E-state index >= 15 is 0 Å². The third-order valence-electron chi connectivity index (χ3n) is 6.48. The Balaban J connectivity index is 0.00000176. The summed E-state index contributed by atoms with van der Waals surface area (Å²) in [6.07, 6.45) is -2.87. The van der Waals surface area contributed by atoms with Crippen LogP contribution >= 0.6 is 11.6 Å². The summed E-state index contributed by atoms with van der Waals surface area (Å²) >= 11 is 5.75. The molecule has 1 saturated heterocycles. The molecule has 1 fully saturated rings. The number of piperidine rings is 1. The molecule has 0 spiro atoms.